The van der Waals surface area contributed by atoms with Gasteiger partial charge in [-0.25, -0.2) is 4.90 Å². The molecule has 0 radical (unpaired) electrons. The molecule has 1 fully saturated rings. The highest BCUT2D eigenvalue weighted by molar-refractivity contribution is 6.22. The molecular formula is C15H15NO3. The number of rotatable bonds is 2. The fraction of sp³-hybridized carbons (Fsp3) is 0.333. The maximum atomic E-state index is 12.1. The van der Waals surface area contributed by atoms with Gasteiger partial charge in [-0.05, 0) is 30.9 Å². The molecule has 4 nitrogen and oxygen atoms in total. The lowest BCUT2D eigenvalue weighted by molar-refractivity contribution is 0.0711. The van der Waals surface area contributed by atoms with E-state index >= 15 is 0 Å². The minimum Gasteiger partial charge on any atom is -0.381 e. The minimum atomic E-state index is -0.232. The first-order chi connectivity index (χ1) is 9.27. The lowest BCUT2D eigenvalue weighted by Crippen LogP contribution is -2.24. The zero-order valence-electron chi connectivity index (χ0n) is 10.5. The van der Waals surface area contributed by atoms with Gasteiger partial charge in [0.2, 0.25) is 0 Å². The van der Waals surface area contributed by atoms with Gasteiger partial charge in [0, 0.05) is 19.4 Å². The average molecular weight is 257 g/mol. The van der Waals surface area contributed by atoms with E-state index in [0.717, 1.165) is 26.1 Å². The van der Waals surface area contributed by atoms with Crippen molar-refractivity contribution in [2.75, 3.05) is 13.2 Å². The Hall–Kier alpha value is -1.94. The van der Waals surface area contributed by atoms with E-state index in [-0.39, 0.29) is 11.8 Å². The van der Waals surface area contributed by atoms with Crippen molar-refractivity contribution < 1.29 is 14.3 Å². The van der Waals surface area contributed by atoms with E-state index in [1.165, 1.54) is 4.90 Å². The second-order valence-corrected chi connectivity index (χ2v) is 4.82. The topological polar surface area (TPSA) is 46.6 Å². The summed E-state index contributed by atoms with van der Waals surface area (Å²) in [6.07, 6.45) is 5.46. The van der Waals surface area contributed by atoms with Gasteiger partial charge >= 0.3 is 0 Å². The zero-order valence-corrected chi connectivity index (χ0v) is 10.5. The predicted molar refractivity (Wildman–Crippen MR) is 69.6 cm³/mol. The number of fused-ring (bicyclic) bond motifs is 1. The number of nitrogens with zero attached hydrogens (tertiary/aromatic N) is 1. The van der Waals surface area contributed by atoms with E-state index in [4.69, 9.17) is 4.74 Å². The summed E-state index contributed by atoms with van der Waals surface area (Å²) < 4.78 is 5.28. The van der Waals surface area contributed by atoms with Crippen molar-refractivity contribution in [1.29, 1.82) is 0 Å². The highest BCUT2D eigenvalue weighted by Gasteiger charge is 2.33. The standard InChI is InChI=1S/C15H15NO3/c17-14-12-3-1-2-4-13(12)15(18)16(14)8-5-11-6-9-19-10-7-11/h1-5,8,11H,6-7,9-10H2/b8-5+. The van der Waals surface area contributed by atoms with E-state index in [2.05, 4.69) is 0 Å². The molecule has 2 aliphatic rings. The molecule has 1 aromatic rings. The monoisotopic (exact) mass is 257 g/mol. The maximum absolute atomic E-state index is 12.1. The van der Waals surface area contributed by atoms with Crippen molar-refractivity contribution in [1.82, 2.24) is 4.90 Å². The highest BCUT2D eigenvalue weighted by Crippen LogP contribution is 2.24. The Balaban J connectivity index is 1.78. The lowest BCUT2D eigenvalue weighted by atomic mass is 10.0. The van der Waals surface area contributed by atoms with Crippen molar-refractivity contribution in [3.05, 3.63) is 47.7 Å². The van der Waals surface area contributed by atoms with Crippen molar-refractivity contribution in [2.24, 2.45) is 5.92 Å². The molecule has 0 aliphatic carbocycles. The molecule has 0 spiro atoms. The SMILES string of the molecule is O=C1c2ccccc2C(=O)N1/C=C/C1CCOCC1. The summed E-state index contributed by atoms with van der Waals surface area (Å²) in [6, 6.07) is 6.93. The first-order valence-electron chi connectivity index (χ1n) is 6.50. The molecule has 3 rings (SSSR count). The summed E-state index contributed by atoms with van der Waals surface area (Å²) in [7, 11) is 0. The molecule has 0 saturated carbocycles. The molecule has 0 N–H and O–H groups in total. The highest BCUT2D eigenvalue weighted by atomic mass is 16.5. The summed E-state index contributed by atoms with van der Waals surface area (Å²) in [5.41, 5.74) is 0.980. The number of allylic oxidation sites excluding steroid dienone is 1. The number of carbonyl (C=O) groups is 2. The van der Waals surface area contributed by atoms with Crippen LogP contribution in [0.3, 0.4) is 0 Å². The van der Waals surface area contributed by atoms with Crippen LogP contribution in [-0.2, 0) is 4.74 Å². The third-order valence-corrected chi connectivity index (χ3v) is 3.60. The van der Waals surface area contributed by atoms with Gasteiger partial charge in [0.25, 0.3) is 11.8 Å². The molecule has 1 aromatic carbocycles. The van der Waals surface area contributed by atoms with Gasteiger partial charge in [-0.2, -0.15) is 0 Å². The molecule has 0 aromatic heterocycles. The van der Waals surface area contributed by atoms with Gasteiger partial charge in [-0.3, -0.25) is 9.59 Å². The second kappa shape index (κ2) is 4.97. The molecule has 0 unspecified atom stereocenters. The maximum Gasteiger partial charge on any atom is 0.265 e. The van der Waals surface area contributed by atoms with Gasteiger partial charge in [-0.1, -0.05) is 18.2 Å². The van der Waals surface area contributed by atoms with Crippen LogP contribution >= 0.6 is 0 Å². The van der Waals surface area contributed by atoms with Gasteiger partial charge < -0.3 is 4.74 Å². The van der Waals surface area contributed by atoms with Crippen LogP contribution in [0.1, 0.15) is 33.6 Å². The zero-order chi connectivity index (χ0) is 13.2. The molecule has 98 valence electrons. The minimum absolute atomic E-state index is 0.232. The average Bonchev–Trinajstić information content (AvgIpc) is 2.71. The van der Waals surface area contributed by atoms with Gasteiger partial charge in [0.15, 0.2) is 0 Å². The fourth-order valence-corrected chi connectivity index (χ4v) is 2.46. The van der Waals surface area contributed by atoms with E-state index in [0.29, 0.717) is 17.0 Å². The quantitative estimate of drug-likeness (QED) is 0.763. The van der Waals surface area contributed by atoms with Gasteiger partial charge in [0.05, 0.1) is 11.1 Å². The molecule has 0 atom stereocenters. The summed E-state index contributed by atoms with van der Waals surface area (Å²) in [5.74, 6) is -0.0779. The molecule has 4 heteroatoms. The number of ether oxygens (including phenoxy) is 1. The van der Waals surface area contributed by atoms with Gasteiger partial charge in [0.1, 0.15) is 0 Å². The summed E-state index contributed by atoms with van der Waals surface area (Å²) in [6.45, 7) is 1.49. The molecular weight excluding hydrogens is 242 g/mol. The Morgan fingerprint density at radius 2 is 1.63 bits per heavy atom. The Labute approximate surface area is 111 Å². The predicted octanol–water partition coefficient (Wildman–Crippen LogP) is 2.22. The second-order valence-electron chi connectivity index (χ2n) is 4.82. The van der Waals surface area contributed by atoms with Crippen LogP contribution in [0.5, 0.6) is 0 Å². The Kier molecular flexibility index (Phi) is 3.17. The molecule has 2 aliphatic heterocycles. The molecule has 2 amide bonds. The summed E-state index contributed by atoms with van der Waals surface area (Å²) in [5, 5.41) is 0. The molecule has 0 bridgehead atoms. The fourth-order valence-electron chi connectivity index (χ4n) is 2.46. The Morgan fingerprint density at radius 3 is 2.21 bits per heavy atom. The number of amides is 2. The number of hydrogen-bond donors (Lipinski definition) is 0. The van der Waals surface area contributed by atoms with Crippen molar-refractivity contribution in [3.63, 3.8) is 0 Å². The van der Waals surface area contributed by atoms with Crippen LogP contribution < -0.4 is 0 Å². The largest absolute Gasteiger partial charge is 0.381 e. The van der Waals surface area contributed by atoms with Crippen LogP contribution in [0, 0.1) is 5.92 Å². The van der Waals surface area contributed by atoms with Crippen LogP contribution in [0.15, 0.2) is 36.5 Å². The van der Waals surface area contributed by atoms with Crippen molar-refractivity contribution in [3.8, 4) is 0 Å². The van der Waals surface area contributed by atoms with Crippen molar-refractivity contribution >= 4 is 11.8 Å². The summed E-state index contributed by atoms with van der Waals surface area (Å²) >= 11 is 0. The number of imide groups is 1. The van der Waals surface area contributed by atoms with Crippen LogP contribution in [0.4, 0.5) is 0 Å². The third-order valence-electron chi connectivity index (χ3n) is 3.60. The number of benzene rings is 1. The first kappa shape index (κ1) is 12.1. The first-order valence-corrected chi connectivity index (χ1v) is 6.50. The summed E-state index contributed by atoms with van der Waals surface area (Å²) in [4.78, 5) is 25.4. The Bertz CT molecular complexity index is 509. The van der Waals surface area contributed by atoms with E-state index in [9.17, 15) is 9.59 Å². The normalized spacial score (nSPS) is 20.3. The Morgan fingerprint density at radius 1 is 1.05 bits per heavy atom. The smallest absolute Gasteiger partial charge is 0.265 e. The van der Waals surface area contributed by atoms with Gasteiger partial charge in [-0.15, -0.1) is 0 Å². The lowest BCUT2D eigenvalue weighted by Gasteiger charge is -2.19. The van der Waals surface area contributed by atoms with Crippen LogP contribution in [0.25, 0.3) is 0 Å². The molecule has 1 saturated heterocycles. The number of carbonyl (C=O) groups excluding carboxylic acids is 2. The van der Waals surface area contributed by atoms with E-state index in [1.807, 2.05) is 6.08 Å². The molecule has 2 heterocycles. The van der Waals surface area contributed by atoms with E-state index < -0.39 is 0 Å². The third kappa shape index (κ3) is 2.19. The van der Waals surface area contributed by atoms with E-state index in [1.54, 1.807) is 30.5 Å². The van der Waals surface area contributed by atoms with Crippen molar-refractivity contribution in [2.45, 2.75) is 12.8 Å². The van der Waals surface area contributed by atoms with Crippen LogP contribution in [-0.4, -0.2) is 29.9 Å². The molecule has 19 heavy (non-hydrogen) atoms. The van der Waals surface area contributed by atoms with Crippen LogP contribution in [0.2, 0.25) is 0 Å². The number of hydrogen-bond acceptors (Lipinski definition) is 3.